The van der Waals surface area contributed by atoms with Crippen molar-refractivity contribution in [2.45, 2.75) is 51.2 Å². The molecule has 1 saturated carbocycles. The Balaban J connectivity index is 1.71. The van der Waals surface area contributed by atoms with Crippen LogP contribution in [0.1, 0.15) is 42.5 Å². The lowest BCUT2D eigenvalue weighted by Gasteiger charge is -2.31. The van der Waals surface area contributed by atoms with Crippen molar-refractivity contribution in [3.05, 3.63) is 59.3 Å². The molecule has 0 radical (unpaired) electrons. The van der Waals surface area contributed by atoms with Crippen molar-refractivity contribution >= 4 is 26.3 Å². The molecule has 0 saturated heterocycles. The second-order valence-electron chi connectivity index (χ2n) is 8.89. The van der Waals surface area contributed by atoms with Gasteiger partial charge in [0.25, 0.3) is 0 Å². The molecule has 0 spiro atoms. The maximum absolute atomic E-state index is 14.1. The van der Waals surface area contributed by atoms with E-state index in [0.29, 0.717) is 17.9 Å². The second kappa shape index (κ2) is 9.73. The van der Waals surface area contributed by atoms with Gasteiger partial charge < -0.3 is 9.47 Å². The van der Waals surface area contributed by atoms with Crippen LogP contribution in [0.25, 0.3) is 10.9 Å². The van der Waals surface area contributed by atoms with Crippen LogP contribution in [0.3, 0.4) is 0 Å². The summed E-state index contributed by atoms with van der Waals surface area (Å²) in [4.78, 5) is 8.95. The highest BCUT2D eigenvalue weighted by atomic mass is 32.2. The molecule has 8 heteroatoms. The summed E-state index contributed by atoms with van der Waals surface area (Å²) in [5, 5.41) is 0.915. The maximum Gasteiger partial charge on any atom is 0.126 e. The summed E-state index contributed by atoms with van der Waals surface area (Å²) in [6, 6.07) is 8.38. The molecule has 1 aliphatic carbocycles. The molecule has 0 unspecified atom stereocenters. The number of benzene rings is 2. The van der Waals surface area contributed by atoms with Gasteiger partial charge in [-0.15, -0.1) is 0 Å². The highest BCUT2D eigenvalue weighted by Crippen LogP contribution is 2.32. The minimum atomic E-state index is -2.28. The van der Waals surface area contributed by atoms with Crippen molar-refractivity contribution < 1.29 is 18.1 Å². The third-order valence-corrected chi connectivity index (χ3v) is 6.58. The molecule has 0 aliphatic heterocycles. The van der Waals surface area contributed by atoms with Gasteiger partial charge >= 0.3 is 0 Å². The number of nitrogens with zero attached hydrogens (tertiary/aromatic N) is 3. The maximum atomic E-state index is 14.1. The van der Waals surface area contributed by atoms with Crippen molar-refractivity contribution in [3.63, 3.8) is 0 Å². The molecule has 0 N–H and O–H groups in total. The summed E-state index contributed by atoms with van der Waals surface area (Å²) < 4.78 is 42.5. The first kappa shape index (κ1) is 23.6. The highest BCUT2D eigenvalue weighted by Gasteiger charge is 2.27. The van der Waals surface area contributed by atoms with E-state index < -0.39 is 9.73 Å². The lowest BCUT2D eigenvalue weighted by molar-refractivity contribution is -0.0233. The van der Waals surface area contributed by atoms with Crippen molar-refractivity contribution in [2.75, 3.05) is 19.6 Å². The van der Waals surface area contributed by atoms with E-state index in [9.17, 15) is 8.60 Å². The number of ether oxygens (including phenoxy) is 2. The Morgan fingerprint density at radius 2 is 1.88 bits per heavy atom. The molecule has 6 nitrogen and oxygen atoms in total. The van der Waals surface area contributed by atoms with Gasteiger partial charge in [-0.3, -0.25) is 0 Å². The van der Waals surface area contributed by atoms with Crippen LogP contribution in [0.2, 0.25) is 0 Å². The molecule has 4 rings (SSSR count). The zero-order chi connectivity index (χ0) is 23.6. The first-order valence-corrected chi connectivity index (χ1v) is 13.5. The largest absolute Gasteiger partial charge is 0.487 e. The Bertz CT molecular complexity index is 1280. The molecule has 1 aromatic heterocycles. The van der Waals surface area contributed by atoms with Gasteiger partial charge in [0.2, 0.25) is 0 Å². The number of hydrogen-bond acceptors (Lipinski definition) is 6. The van der Waals surface area contributed by atoms with Gasteiger partial charge in [-0.25, -0.2) is 18.6 Å². The van der Waals surface area contributed by atoms with E-state index in [0.717, 1.165) is 53.4 Å². The van der Waals surface area contributed by atoms with Crippen molar-refractivity contribution in [2.24, 2.45) is 4.36 Å². The predicted molar refractivity (Wildman–Crippen MR) is 129 cm³/mol. The Morgan fingerprint density at radius 1 is 1.12 bits per heavy atom. The van der Waals surface area contributed by atoms with Crippen LogP contribution >= 0.6 is 0 Å². The van der Waals surface area contributed by atoms with Gasteiger partial charge in [-0.2, -0.15) is 4.36 Å². The van der Waals surface area contributed by atoms with Crippen molar-refractivity contribution in [3.8, 4) is 5.75 Å². The van der Waals surface area contributed by atoms with Gasteiger partial charge in [0, 0.05) is 52.8 Å². The average molecular weight is 472 g/mol. The molecule has 2 atom stereocenters. The normalized spacial score (nSPS) is 18.9. The SMILES string of the molecule is CO[C@@H]1CCCC[C@H]1Oc1cc(F)ccc1Cc1ncnc2cc(N=S(C)(C)=O)cc(C)c12. The summed E-state index contributed by atoms with van der Waals surface area (Å²) in [6.07, 6.45) is 9.10. The third kappa shape index (κ3) is 5.68. The zero-order valence-corrected chi connectivity index (χ0v) is 20.3. The lowest BCUT2D eigenvalue weighted by atomic mass is 9.94. The predicted octanol–water partition coefficient (Wildman–Crippen LogP) is 5.36. The fraction of sp³-hybridized carbons (Fsp3) is 0.440. The Morgan fingerprint density at radius 3 is 2.61 bits per heavy atom. The molecular formula is C25H30FN3O3S. The van der Waals surface area contributed by atoms with Crippen LogP contribution in [-0.2, 0) is 20.9 Å². The number of halogens is 1. The molecule has 0 bridgehead atoms. The number of aryl methyl sites for hydroxylation is 1. The van der Waals surface area contributed by atoms with E-state index in [2.05, 4.69) is 14.3 Å². The topological polar surface area (TPSA) is 73.7 Å². The zero-order valence-electron chi connectivity index (χ0n) is 19.5. The third-order valence-electron chi connectivity index (χ3n) is 5.93. The van der Waals surface area contributed by atoms with E-state index >= 15 is 0 Å². The van der Waals surface area contributed by atoms with Crippen LogP contribution in [0, 0.1) is 12.7 Å². The van der Waals surface area contributed by atoms with Gasteiger partial charge in [-0.1, -0.05) is 12.5 Å². The highest BCUT2D eigenvalue weighted by molar-refractivity contribution is 7.92. The molecule has 1 fully saturated rings. The summed E-state index contributed by atoms with van der Waals surface area (Å²) in [7, 11) is -0.584. The molecular weight excluding hydrogens is 441 g/mol. The first-order valence-electron chi connectivity index (χ1n) is 11.1. The number of rotatable bonds is 6. The average Bonchev–Trinajstić information content (AvgIpc) is 2.74. The summed E-state index contributed by atoms with van der Waals surface area (Å²) >= 11 is 0. The Labute approximate surface area is 194 Å². The number of aromatic nitrogens is 2. The lowest BCUT2D eigenvalue weighted by Crippen LogP contribution is -2.36. The summed E-state index contributed by atoms with van der Waals surface area (Å²) in [5.41, 5.74) is 3.99. The molecule has 176 valence electrons. The Kier molecular flexibility index (Phi) is 6.95. The standard InChI is InChI=1S/C25H30FN3O3S/c1-16-11-19(29-33(3,4)30)14-21-25(16)20(27-15-28-21)12-17-9-10-18(26)13-24(17)32-23-8-6-5-7-22(23)31-2/h9-11,13-15,22-23H,5-8,12H2,1-4H3/t22-,23-/m1/s1. The fourth-order valence-corrected chi connectivity index (χ4v) is 5.10. The molecule has 2 aromatic carbocycles. The molecule has 1 aliphatic rings. The molecule has 3 aromatic rings. The van der Waals surface area contributed by atoms with E-state index in [4.69, 9.17) is 9.47 Å². The minimum absolute atomic E-state index is 0.00607. The van der Waals surface area contributed by atoms with Gasteiger partial charge in [-0.05, 0) is 49.9 Å². The van der Waals surface area contributed by atoms with Crippen LogP contribution < -0.4 is 4.74 Å². The van der Waals surface area contributed by atoms with Crippen LogP contribution in [0.4, 0.5) is 10.1 Å². The van der Waals surface area contributed by atoms with Crippen LogP contribution in [0.5, 0.6) is 5.75 Å². The first-order chi connectivity index (χ1) is 15.7. The summed E-state index contributed by atoms with van der Waals surface area (Å²) in [5.74, 6) is 0.188. The van der Waals surface area contributed by atoms with Gasteiger partial charge in [0.05, 0.1) is 23.0 Å². The quantitative estimate of drug-likeness (QED) is 0.484. The van der Waals surface area contributed by atoms with Crippen LogP contribution in [-0.4, -0.2) is 46.0 Å². The van der Waals surface area contributed by atoms with E-state index in [1.54, 1.807) is 25.7 Å². The Hall–Kier alpha value is -2.58. The van der Waals surface area contributed by atoms with Crippen molar-refractivity contribution in [1.82, 2.24) is 9.97 Å². The number of hydrogen-bond donors (Lipinski definition) is 0. The van der Waals surface area contributed by atoms with Crippen LogP contribution in [0.15, 0.2) is 41.0 Å². The minimum Gasteiger partial charge on any atom is -0.487 e. The molecule has 33 heavy (non-hydrogen) atoms. The fourth-order valence-electron chi connectivity index (χ4n) is 4.49. The van der Waals surface area contributed by atoms with Gasteiger partial charge in [0.15, 0.2) is 0 Å². The summed E-state index contributed by atoms with van der Waals surface area (Å²) in [6.45, 7) is 1.97. The van der Waals surface area contributed by atoms with E-state index in [1.807, 2.05) is 19.1 Å². The number of methoxy groups -OCH3 is 1. The molecule has 0 amide bonds. The second-order valence-corrected chi connectivity index (χ2v) is 11.4. The van der Waals surface area contributed by atoms with Crippen molar-refractivity contribution in [1.29, 1.82) is 0 Å². The smallest absolute Gasteiger partial charge is 0.126 e. The van der Waals surface area contributed by atoms with Gasteiger partial charge in [0.1, 0.15) is 24.0 Å². The molecule has 1 heterocycles. The monoisotopic (exact) mass is 471 g/mol. The van der Waals surface area contributed by atoms with E-state index in [-0.39, 0.29) is 18.0 Å². The number of fused-ring (bicyclic) bond motifs is 1. The van der Waals surface area contributed by atoms with E-state index in [1.165, 1.54) is 18.5 Å².